The zero-order valence-corrected chi connectivity index (χ0v) is 24.0. The molecule has 0 aliphatic carbocycles. The third-order valence-corrected chi connectivity index (χ3v) is 8.08. The van der Waals surface area contributed by atoms with E-state index in [4.69, 9.17) is 0 Å². The minimum atomic E-state index is -5.05. The molecule has 0 saturated heterocycles. The Morgan fingerprint density at radius 1 is 0.354 bits per heavy atom. The molecule has 0 N–H and O–H groups in total. The van der Waals surface area contributed by atoms with Crippen molar-refractivity contribution in [1.29, 1.82) is 0 Å². The number of halogens is 6. The van der Waals surface area contributed by atoms with E-state index in [1.54, 1.807) is 36.4 Å². The average Bonchev–Trinajstić information content (AvgIpc) is 3.50. The average molecular weight is 659 g/mol. The predicted molar refractivity (Wildman–Crippen MR) is 158 cm³/mol. The van der Waals surface area contributed by atoms with Gasteiger partial charge in [0.2, 0.25) is 0 Å². The second kappa shape index (κ2) is 10.8. The summed E-state index contributed by atoms with van der Waals surface area (Å²) in [5.74, 6) is -4.80. The first kappa shape index (κ1) is 30.6. The highest BCUT2D eigenvalue weighted by Gasteiger charge is 2.42. The molecule has 0 atom stereocenters. The highest BCUT2D eigenvalue weighted by molar-refractivity contribution is 6.17. The van der Waals surface area contributed by atoms with Gasteiger partial charge in [0.25, 0.3) is 0 Å². The maximum Gasteiger partial charge on any atom is 0.417 e. The molecule has 238 valence electrons. The zero-order valence-electron chi connectivity index (χ0n) is 24.0. The number of carbonyl (C=O) groups is 4. The number of hydrogen-bond acceptors (Lipinski definition) is 6. The van der Waals surface area contributed by atoms with Crippen LogP contribution in [0.5, 0.6) is 0 Å². The largest absolute Gasteiger partial charge is 0.417 e. The number of fused-ring (bicyclic) bond motifs is 2. The van der Waals surface area contributed by atoms with E-state index in [2.05, 4.69) is 9.47 Å². The van der Waals surface area contributed by atoms with Crippen molar-refractivity contribution >= 4 is 23.9 Å². The highest BCUT2D eigenvalue weighted by Crippen LogP contribution is 2.49. The molecule has 7 rings (SSSR count). The summed E-state index contributed by atoms with van der Waals surface area (Å²) in [6.45, 7) is 0. The van der Waals surface area contributed by atoms with Gasteiger partial charge in [0, 0.05) is 0 Å². The van der Waals surface area contributed by atoms with Gasteiger partial charge in [-0.1, -0.05) is 60.7 Å². The first-order valence-corrected chi connectivity index (χ1v) is 14.1. The normalized spacial score (nSPS) is 14.1. The molecule has 48 heavy (non-hydrogen) atoms. The number of cyclic esters (lactones) is 4. The van der Waals surface area contributed by atoms with E-state index in [0.717, 1.165) is 12.1 Å². The SMILES string of the molecule is O=C1OC(=O)c2cc(C(F)(F)F)c(-c3cc(-c4ccccc4)c(-c4cc5c(cc4C(F)(F)F)C(=O)OC5=O)cc3-c3ccccc3)cc21. The summed E-state index contributed by atoms with van der Waals surface area (Å²) in [6.07, 6.45) is -10.1. The summed E-state index contributed by atoms with van der Waals surface area (Å²) in [5, 5.41) is 0. The second-order valence-electron chi connectivity index (χ2n) is 10.9. The van der Waals surface area contributed by atoms with Crippen LogP contribution in [0.4, 0.5) is 26.3 Å². The number of carbonyl (C=O) groups excluding carboxylic acids is 4. The van der Waals surface area contributed by atoms with Crippen molar-refractivity contribution in [3.05, 3.63) is 130 Å². The van der Waals surface area contributed by atoms with E-state index >= 15 is 0 Å². The van der Waals surface area contributed by atoms with Crippen LogP contribution in [-0.2, 0) is 21.8 Å². The third kappa shape index (κ3) is 5.02. The Bertz CT molecular complexity index is 2060. The van der Waals surface area contributed by atoms with Crippen LogP contribution in [-0.4, -0.2) is 23.9 Å². The lowest BCUT2D eigenvalue weighted by molar-refractivity contribution is -0.137. The molecule has 0 bridgehead atoms. The third-order valence-electron chi connectivity index (χ3n) is 8.08. The molecule has 2 heterocycles. The van der Waals surface area contributed by atoms with E-state index in [-0.39, 0.29) is 22.3 Å². The maximum atomic E-state index is 14.7. The van der Waals surface area contributed by atoms with Crippen LogP contribution in [0.25, 0.3) is 44.5 Å². The van der Waals surface area contributed by atoms with Crippen molar-refractivity contribution in [2.45, 2.75) is 12.4 Å². The van der Waals surface area contributed by atoms with Gasteiger partial charge in [-0.15, -0.1) is 0 Å². The Labute approximate surface area is 266 Å². The first-order valence-electron chi connectivity index (χ1n) is 14.1. The number of alkyl halides is 6. The smallest absolute Gasteiger partial charge is 0.386 e. The van der Waals surface area contributed by atoms with Gasteiger partial charge in [-0.25, -0.2) is 19.2 Å². The monoisotopic (exact) mass is 658 g/mol. The quantitative estimate of drug-likeness (QED) is 0.109. The van der Waals surface area contributed by atoms with Gasteiger partial charge in [-0.05, 0) is 80.9 Å². The number of hydrogen-bond donors (Lipinski definition) is 0. The van der Waals surface area contributed by atoms with Gasteiger partial charge in [0.15, 0.2) is 0 Å². The standard InChI is InChI=1S/C36H16F6O6/c37-35(38,39)29-15-27-25(31(43)47-33(27)45)13-23(29)21-12-20(18-9-5-2-6-10-18)22(11-19(21)17-7-3-1-4-8-17)24-14-26-28(34(46)48-32(26)44)16-30(24)36(40,41)42/h1-16H. The van der Waals surface area contributed by atoms with Gasteiger partial charge in [-0.3, -0.25) is 0 Å². The molecule has 0 radical (unpaired) electrons. The lowest BCUT2D eigenvalue weighted by Crippen LogP contribution is -2.11. The molecule has 0 spiro atoms. The van der Waals surface area contributed by atoms with Crippen LogP contribution in [0.3, 0.4) is 0 Å². The van der Waals surface area contributed by atoms with Gasteiger partial charge in [0.05, 0.1) is 33.4 Å². The molecule has 5 aromatic rings. The molecule has 12 heteroatoms. The van der Waals surface area contributed by atoms with E-state index < -0.39 is 80.7 Å². The van der Waals surface area contributed by atoms with Crippen LogP contribution in [0.15, 0.2) is 97.1 Å². The minimum absolute atomic E-state index is 0.0284. The van der Waals surface area contributed by atoms with Gasteiger partial charge in [0.1, 0.15) is 0 Å². The topological polar surface area (TPSA) is 86.7 Å². The fraction of sp³-hybridized carbons (Fsp3) is 0.0556. The minimum Gasteiger partial charge on any atom is -0.386 e. The molecule has 0 amide bonds. The van der Waals surface area contributed by atoms with Crippen LogP contribution in [0, 0.1) is 0 Å². The van der Waals surface area contributed by atoms with Crippen LogP contribution >= 0.6 is 0 Å². The van der Waals surface area contributed by atoms with Crippen molar-refractivity contribution in [3.63, 3.8) is 0 Å². The summed E-state index contributed by atoms with van der Waals surface area (Å²) in [5.41, 5.74) is -5.22. The molecular weight excluding hydrogens is 642 g/mol. The summed E-state index contributed by atoms with van der Waals surface area (Å²) >= 11 is 0. The Morgan fingerprint density at radius 2 is 0.646 bits per heavy atom. The zero-order chi connectivity index (χ0) is 34.1. The van der Waals surface area contributed by atoms with Crippen molar-refractivity contribution in [2.75, 3.05) is 0 Å². The number of benzene rings is 5. The van der Waals surface area contributed by atoms with Crippen molar-refractivity contribution < 1.29 is 55.0 Å². The Balaban J connectivity index is 1.64. The molecule has 6 nitrogen and oxygen atoms in total. The first-order chi connectivity index (χ1) is 22.7. The lowest BCUT2D eigenvalue weighted by atomic mass is 9.82. The van der Waals surface area contributed by atoms with E-state index in [1.807, 2.05) is 0 Å². The molecule has 2 aliphatic heterocycles. The lowest BCUT2D eigenvalue weighted by Gasteiger charge is -2.22. The fourth-order valence-corrected chi connectivity index (χ4v) is 5.94. The fourth-order valence-electron chi connectivity index (χ4n) is 5.94. The van der Waals surface area contributed by atoms with Crippen LogP contribution in [0.2, 0.25) is 0 Å². The molecular formula is C36H16F6O6. The number of esters is 4. The van der Waals surface area contributed by atoms with E-state index in [0.29, 0.717) is 23.3 Å². The van der Waals surface area contributed by atoms with E-state index in [1.165, 1.54) is 36.4 Å². The summed E-state index contributed by atoms with van der Waals surface area (Å²) in [6, 6.07) is 21.1. The Hall–Kier alpha value is -6.04. The highest BCUT2D eigenvalue weighted by atomic mass is 19.4. The summed E-state index contributed by atoms with van der Waals surface area (Å²) < 4.78 is 97.2. The maximum absolute atomic E-state index is 14.7. The molecule has 5 aromatic carbocycles. The summed E-state index contributed by atoms with van der Waals surface area (Å²) in [7, 11) is 0. The molecule has 2 aliphatic rings. The van der Waals surface area contributed by atoms with Gasteiger partial charge in [-0.2, -0.15) is 26.3 Å². The molecule has 0 aromatic heterocycles. The van der Waals surface area contributed by atoms with Crippen molar-refractivity contribution in [2.24, 2.45) is 0 Å². The predicted octanol–water partition coefficient (Wildman–Crippen LogP) is 9.01. The summed E-state index contributed by atoms with van der Waals surface area (Å²) in [4.78, 5) is 49.4. The number of ether oxygens (including phenoxy) is 2. The van der Waals surface area contributed by atoms with E-state index in [9.17, 15) is 45.5 Å². The number of rotatable bonds is 4. The second-order valence-corrected chi connectivity index (χ2v) is 10.9. The van der Waals surface area contributed by atoms with Gasteiger partial charge < -0.3 is 9.47 Å². The Morgan fingerprint density at radius 3 is 0.958 bits per heavy atom. The molecule has 0 fully saturated rings. The molecule has 0 unspecified atom stereocenters. The van der Waals surface area contributed by atoms with Crippen LogP contribution < -0.4 is 0 Å². The van der Waals surface area contributed by atoms with Crippen molar-refractivity contribution in [3.8, 4) is 44.5 Å². The Kier molecular flexibility index (Phi) is 6.86. The molecule has 0 saturated carbocycles. The van der Waals surface area contributed by atoms with Crippen molar-refractivity contribution in [1.82, 2.24) is 0 Å². The van der Waals surface area contributed by atoms with Gasteiger partial charge >= 0.3 is 36.2 Å². The van der Waals surface area contributed by atoms with Crippen LogP contribution in [0.1, 0.15) is 52.6 Å².